The molecule has 28 heavy (non-hydrogen) atoms. The molecule has 1 heterocycles. The van der Waals surface area contributed by atoms with E-state index in [0.717, 1.165) is 37.7 Å². The van der Waals surface area contributed by atoms with E-state index in [0.29, 0.717) is 18.2 Å². The van der Waals surface area contributed by atoms with Crippen molar-refractivity contribution < 1.29 is 0 Å². The molecule has 5 heteroatoms. The fourth-order valence-electron chi connectivity index (χ4n) is 3.62. The molecule has 146 valence electrons. The Balaban J connectivity index is 1.56. The van der Waals surface area contributed by atoms with Crippen LogP contribution in [0.5, 0.6) is 0 Å². The number of guanidine groups is 1. The van der Waals surface area contributed by atoms with Gasteiger partial charge in [0, 0.05) is 25.7 Å². The van der Waals surface area contributed by atoms with Gasteiger partial charge >= 0.3 is 0 Å². The van der Waals surface area contributed by atoms with Gasteiger partial charge in [0.2, 0.25) is 0 Å². The molecule has 2 N–H and O–H groups in total. The minimum atomic E-state index is 0.519. The van der Waals surface area contributed by atoms with Crippen LogP contribution in [0.4, 0.5) is 0 Å². The molecule has 0 spiro atoms. The Hall–Kier alpha value is -2.84. The fourth-order valence-corrected chi connectivity index (χ4v) is 3.62. The number of likely N-dealkylation sites (tertiary alicyclic amines) is 1. The lowest BCUT2D eigenvalue weighted by Gasteiger charge is -2.25. The van der Waals surface area contributed by atoms with Crippen LogP contribution in [-0.4, -0.2) is 36.5 Å². The van der Waals surface area contributed by atoms with E-state index in [1.165, 1.54) is 18.4 Å². The van der Waals surface area contributed by atoms with E-state index >= 15 is 0 Å². The van der Waals surface area contributed by atoms with E-state index in [1.807, 2.05) is 24.3 Å². The van der Waals surface area contributed by atoms with Crippen molar-refractivity contribution in [3.8, 4) is 6.07 Å². The van der Waals surface area contributed by atoms with Crippen LogP contribution in [0.2, 0.25) is 0 Å². The zero-order chi connectivity index (χ0) is 19.6. The maximum atomic E-state index is 9.04. The largest absolute Gasteiger partial charge is 0.357 e. The molecule has 1 unspecified atom stereocenters. The van der Waals surface area contributed by atoms with Gasteiger partial charge in [0.15, 0.2) is 5.96 Å². The van der Waals surface area contributed by atoms with Gasteiger partial charge < -0.3 is 10.6 Å². The highest BCUT2D eigenvalue weighted by Gasteiger charge is 2.24. The number of hydrogen-bond acceptors (Lipinski definition) is 3. The van der Waals surface area contributed by atoms with Crippen LogP contribution in [0.25, 0.3) is 0 Å². The number of nitrogens with one attached hydrogen (secondary N) is 2. The van der Waals surface area contributed by atoms with Crippen LogP contribution in [0.1, 0.15) is 36.5 Å². The van der Waals surface area contributed by atoms with E-state index in [2.05, 4.69) is 58.9 Å². The van der Waals surface area contributed by atoms with Crippen molar-refractivity contribution in [2.24, 2.45) is 4.99 Å². The Morgan fingerprint density at radius 1 is 1.14 bits per heavy atom. The van der Waals surface area contributed by atoms with Gasteiger partial charge in [-0.15, -0.1) is 0 Å². The van der Waals surface area contributed by atoms with E-state index in [-0.39, 0.29) is 0 Å². The van der Waals surface area contributed by atoms with Gasteiger partial charge in [-0.25, -0.2) is 4.99 Å². The number of benzene rings is 2. The van der Waals surface area contributed by atoms with Crippen LogP contribution >= 0.6 is 0 Å². The molecule has 1 saturated heterocycles. The third kappa shape index (κ3) is 5.83. The van der Waals surface area contributed by atoms with Crippen molar-refractivity contribution in [1.29, 1.82) is 5.26 Å². The second-order valence-corrected chi connectivity index (χ2v) is 7.14. The predicted molar refractivity (Wildman–Crippen MR) is 114 cm³/mol. The average molecular weight is 376 g/mol. The number of aliphatic imine (C=N–C) groups is 1. The smallest absolute Gasteiger partial charge is 0.191 e. The van der Waals surface area contributed by atoms with Crippen molar-refractivity contribution in [2.45, 2.75) is 38.9 Å². The lowest BCUT2D eigenvalue weighted by Crippen LogP contribution is -2.44. The fraction of sp³-hybridized carbons (Fsp3) is 0.391. The molecule has 0 amide bonds. The molecule has 1 aliphatic rings. The first kappa shape index (κ1) is 19.9. The summed E-state index contributed by atoms with van der Waals surface area (Å²) in [6.07, 6.45) is 2.46. The molecule has 3 rings (SSSR count). The summed E-state index contributed by atoms with van der Waals surface area (Å²) < 4.78 is 0. The molecular formula is C23H29N5. The summed E-state index contributed by atoms with van der Waals surface area (Å²) in [5, 5.41) is 15.9. The van der Waals surface area contributed by atoms with Gasteiger partial charge in [0.05, 0.1) is 18.2 Å². The molecule has 5 nitrogen and oxygen atoms in total. The Kier molecular flexibility index (Phi) is 7.45. The first-order valence-electron chi connectivity index (χ1n) is 10.1. The van der Waals surface area contributed by atoms with Crippen molar-refractivity contribution in [1.82, 2.24) is 15.5 Å². The number of nitriles is 1. The van der Waals surface area contributed by atoms with E-state index in [4.69, 9.17) is 10.3 Å². The second kappa shape index (κ2) is 10.5. The molecule has 0 aliphatic carbocycles. The third-order valence-corrected chi connectivity index (χ3v) is 5.05. The third-order valence-electron chi connectivity index (χ3n) is 5.05. The maximum absolute atomic E-state index is 9.04. The van der Waals surface area contributed by atoms with Gasteiger partial charge in [0.1, 0.15) is 0 Å². The van der Waals surface area contributed by atoms with Crippen molar-refractivity contribution >= 4 is 5.96 Å². The summed E-state index contributed by atoms with van der Waals surface area (Å²) in [5.74, 6) is 0.830. The summed E-state index contributed by atoms with van der Waals surface area (Å²) in [4.78, 5) is 7.25. The van der Waals surface area contributed by atoms with Crippen molar-refractivity contribution in [3.63, 3.8) is 0 Å². The normalized spacial score (nSPS) is 17.3. The quantitative estimate of drug-likeness (QED) is 0.576. The minimum absolute atomic E-state index is 0.519. The molecule has 0 bridgehead atoms. The Bertz CT molecular complexity index is 809. The monoisotopic (exact) mass is 375 g/mol. The van der Waals surface area contributed by atoms with Gasteiger partial charge in [-0.3, -0.25) is 4.90 Å². The summed E-state index contributed by atoms with van der Waals surface area (Å²) in [7, 11) is 0. The van der Waals surface area contributed by atoms with E-state index in [9.17, 15) is 0 Å². The molecule has 2 aromatic rings. The van der Waals surface area contributed by atoms with Gasteiger partial charge in [-0.05, 0) is 49.6 Å². The first-order valence-corrected chi connectivity index (χ1v) is 10.1. The van der Waals surface area contributed by atoms with Crippen LogP contribution in [0, 0.1) is 11.3 Å². The number of nitrogens with zero attached hydrogens (tertiary/aromatic N) is 3. The molecule has 2 aromatic carbocycles. The van der Waals surface area contributed by atoms with Gasteiger partial charge in [0.25, 0.3) is 0 Å². The zero-order valence-electron chi connectivity index (χ0n) is 16.6. The molecule has 0 saturated carbocycles. The Morgan fingerprint density at radius 2 is 1.96 bits per heavy atom. The van der Waals surface area contributed by atoms with Crippen LogP contribution in [-0.2, 0) is 13.1 Å². The number of hydrogen-bond donors (Lipinski definition) is 2. The molecule has 0 aromatic heterocycles. The standard InChI is InChI=1S/C23H29N5/c1-2-25-23(26-16-21-11-6-10-20(14-21)15-24)27-17-22-12-7-13-28(22)18-19-8-4-3-5-9-19/h3-6,8-11,14,22H,2,7,12-13,16-18H2,1H3,(H2,25,26,27). The highest BCUT2D eigenvalue weighted by molar-refractivity contribution is 5.79. The summed E-state index contributed by atoms with van der Waals surface area (Å²) in [6.45, 7) is 6.49. The Morgan fingerprint density at radius 3 is 2.75 bits per heavy atom. The van der Waals surface area contributed by atoms with Crippen LogP contribution < -0.4 is 10.6 Å². The highest BCUT2D eigenvalue weighted by Crippen LogP contribution is 2.19. The summed E-state index contributed by atoms with van der Waals surface area (Å²) >= 11 is 0. The van der Waals surface area contributed by atoms with E-state index in [1.54, 1.807) is 0 Å². The van der Waals surface area contributed by atoms with Gasteiger partial charge in [-0.1, -0.05) is 42.5 Å². The number of rotatable bonds is 7. The molecule has 0 radical (unpaired) electrons. The first-order chi connectivity index (χ1) is 13.8. The summed E-state index contributed by atoms with van der Waals surface area (Å²) in [6, 6.07) is 21.0. The SMILES string of the molecule is CCNC(=NCc1cccc(C#N)c1)NCC1CCCN1Cc1ccccc1. The second-order valence-electron chi connectivity index (χ2n) is 7.14. The lowest BCUT2D eigenvalue weighted by atomic mass is 10.1. The zero-order valence-corrected chi connectivity index (χ0v) is 16.6. The molecule has 1 fully saturated rings. The van der Waals surface area contributed by atoms with Crippen molar-refractivity contribution in [2.75, 3.05) is 19.6 Å². The molecule has 1 aliphatic heterocycles. The molecular weight excluding hydrogens is 346 g/mol. The highest BCUT2D eigenvalue weighted by atomic mass is 15.2. The molecule has 1 atom stereocenters. The van der Waals surface area contributed by atoms with Crippen molar-refractivity contribution in [3.05, 3.63) is 71.3 Å². The Labute approximate surface area is 168 Å². The van der Waals surface area contributed by atoms with Crippen LogP contribution in [0.15, 0.2) is 59.6 Å². The van der Waals surface area contributed by atoms with E-state index < -0.39 is 0 Å². The van der Waals surface area contributed by atoms with Crippen LogP contribution in [0.3, 0.4) is 0 Å². The topological polar surface area (TPSA) is 63.5 Å². The van der Waals surface area contributed by atoms with Gasteiger partial charge in [-0.2, -0.15) is 5.26 Å². The minimum Gasteiger partial charge on any atom is -0.357 e. The average Bonchev–Trinajstić information content (AvgIpc) is 3.18. The lowest BCUT2D eigenvalue weighted by molar-refractivity contribution is 0.245. The predicted octanol–water partition coefficient (Wildman–Crippen LogP) is 3.28. The summed E-state index contributed by atoms with van der Waals surface area (Å²) in [5.41, 5.74) is 3.09. The maximum Gasteiger partial charge on any atom is 0.191 e.